The van der Waals surface area contributed by atoms with E-state index in [0.717, 1.165) is 44.7 Å². The number of fused-ring (bicyclic) bond motifs is 2. The summed E-state index contributed by atoms with van der Waals surface area (Å²) >= 11 is 0. The van der Waals surface area contributed by atoms with Crippen LogP contribution < -0.4 is 5.32 Å². The number of benzene rings is 1. The number of carbonyl (C=O) groups excluding carboxylic acids is 1. The zero-order chi connectivity index (χ0) is 16.5. The molecule has 0 saturated heterocycles. The van der Waals surface area contributed by atoms with Crippen molar-refractivity contribution in [2.45, 2.75) is 51.4 Å². The van der Waals surface area contributed by atoms with Crippen LogP contribution in [0.3, 0.4) is 0 Å². The monoisotopic (exact) mass is 325 g/mol. The number of nitrogens with zero attached hydrogens (tertiary/aromatic N) is 4. The van der Waals surface area contributed by atoms with Crippen LogP contribution in [0.2, 0.25) is 0 Å². The number of rotatable bonds is 3. The van der Waals surface area contributed by atoms with Crippen molar-refractivity contribution in [3.8, 4) is 0 Å². The third-order valence-corrected chi connectivity index (χ3v) is 5.10. The van der Waals surface area contributed by atoms with Crippen molar-refractivity contribution in [3.63, 3.8) is 0 Å². The number of aryl methyl sites for hydroxylation is 1. The number of nitrogens with one attached hydrogen (secondary N) is 1. The molecule has 0 unspecified atom stereocenters. The Hall–Kier alpha value is -2.21. The van der Waals surface area contributed by atoms with Crippen molar-refractivity contribution in [1.82, 2.24) is 25.0 Å². The predicted octanol–water partition coefficient (Wildman–Crippen LogP) is 1.16. The number of hydrogen-bond acceptors (Lipinski definition) is 4. The van der Waals surface area contributed by atoms with E-state index in [1.165, 1.54) is 11.1 Å². The highest BCUT2D eigenvalue weighted by Crippen LogP contribution is 2.19. The third-order valence-electron chi connectivity index (χ3n) is 5.10. The Kier molecular flexibility index (Phi) is 4.06. The van der Waals surface area contributed by atoms with E-state index < -0.39 is 0 Å². The van der Waals surface area contributed by atoms with Gasteiger partial charge in [-0.15, -0.1) is 0 Å². The summed E-state index contributed by atoms with van der Waals surface area (Å²) in [5.41, 5.74) is 2.64. The van der Waals surface area contributed by atoms with E-state index in [2.05, 4.69) is 33.6 Å². The molecule has 2 aromatic rings. The predicted molar refractivity (Wildman–Crippen MR) is 90.3 cm³/mol. The Morgan fingerprint density at radius 2 is 2.12 bits per heavy atom. The maximum absolute atomic E-state index is 12.8. The van der Waals surface area contributed by atoms with Crippen LogP contribution >= 0.6 is 0 Å². The smallest absolute Gasteiger partial charge is 0.239 e. The maximum atomic E-state index is 12.8. The molecule has 2 aliphatic heterocycles. The number of aromatic nitrogens is 3. The van der Waals surface area contributed by atoms with Crippen molar-refractivity contribution < 1.29 is 4.79 Å². The van der Waals surface area contributed by atoms with E-state index >= 15 is 0 Å². The summed E-state index contributed by atoms with van der Waals surface area (Å²) in [6, 6.07) is 8.51. The first kappa shape index (κ1) is 15.3. The average molecular weight is 325 g/mol. The Morgan fingerprint density at radius 3 is 3.00 bits per heavy atom. The molecule has 1 amide bonds. The van der Waals surface area contributed by atoms with Gasteiger partial charge in [0.2, 0.25) is 5.91 Å². The van der Waals surface area contributed by atoms with Gasteiger partial charge >= 0.3 is 0 Å². The number of amides is 1. The second-order valence-corrected chi connectivity index (χ2v) is 6.76. The summed E-state index contributed by atoms with van der Waals surface area (Å²) in [6.45, 7) is 4.29. The molecule has 0 spiro atoms. The molecule has 4 rings (SSSR count). The van der Waals surface area contributed by atoms with Crippen LogP contribution in [0.5, 0.6) is 0 Å². The van der Waals surface area contributed by atoms with Gasteiger partial charge in [0.1, 0.15) is 12.2 Å². The van der Waals surface area contributed by atoms with Gasteiger partial charge in [-0.1, -0.05) is 24.3 Å². The zero-order valence-corrected chi connectivity index (χ0v) is 14.0. The lowest BCUT2D eigenvalue weighted by atomic mass is 9.99. The van der Waals surface area contributed by atoms with Crippen LogP contribution in [0, 0.1) is 0 Å². The molecule has 6 nitrogen and oxygen atoms in total. The Bertz CT molecular complexity index is 741. The molecule has 0 fully saturated rings. The first-order valence-electron chi connectivity index (χ1n) is 8.69. The zero-order valence-electron chi connectivity index (χ0n) is 14.0. The summed E-state index contributed by atoms with van der Waals surface area (Å²) in [7, 11) is 0. The second-order valence-electron chi connectivity index (χ2n) is 6.76. The fourth-order valence-corrected chi connectivity index (χ4v) is 3.76. The lowest BCUT2D eigenvalue weighted by Crippen LogP contribution is -2.51. The van der Waals surface area contributed by atoms with E-state index in [9.17, 15) is 4.79 Å². The number of hydrogen-bond donors (Lipinski definition) is 1. The lowest BCUT2D eigenvalue weighted by Gasteiger charge is -2.33. The fraction of sp³-hybridized carbons (Fsp3) is 0.500. The van der Waals surface area contributed by atoms with Gasteiger partial charge < -0.3 is 10.2 Å². The first-order valence-corrected chi connectivity index (χ1v) is 8.69. The van der Waals surface area contributed by atoms with Crippen molar-refractivity contribution in [1.29, 1.82) is 0 Å². The molecular weight excluding hydrogens is 302 g/mol. The molecule has 0 radical (unpaired) electrons. The van der Waals surface area contributed by atoms with Gasteiger partial charge in [-0.3, -0.25) is 4.79 Å². The molecular formula is C18H23N5O. The van der Waals surface area contributed by atoms with Gasteiger partial charge in [-0.05, 0) is 30.9 Å². The molecule has 1 N–H and O–H groups in total. The second kappa shape index (κ2) is 6.36. The summed E-state index contributed by atoms with van der Waals surface area (Å²) in [5, 5.41) is 7.73. The third kappa shape index (κ3) is 2.94. The van der Waals surface area contributed by atoms with Crippen LogP contribution in [0.4, 0.5) is 0 Å². The van der Waals surface area contributed by atoms with E-state index in [0.29, 0.717) is 0 Å². The normalized spacial score (nSPS) is 21.0. The molecule has 6 heteroatoms. The summed E-state index contributed by atoms with van der Waals surface area (Å²) in [6.07, 6.45) is 4.46. The SMILES string of the molecule is C[C@@H](N[C@H]1CCc2ncnn2C1)C(=O)N1CCc2ccccc2C1. The van der Waals surface area contributed by atoms with E-state index in [1.807, 2.05) is 22.6 Å². The Balaban J connectivity index is 1.37. The summed E-state index contributed by atoms with van der Waals surface area (Å²) in [5.74, 6) is 1.23. The van der Waals surface area contributed by atoms with Gasteiger partial charge in [0, 0.05) is 25.6 Å². The summed E-state index contributed by atoms with van der Waals surface area (Å²) < 4.78 is 1.94. The average Bonchev–Trinajstić information content (AvgIpc) is 3.08. The molecule has 1 aromatic heterocycles. The molecule has 24 heavy (non-hydrogen) atoms. The molecule has 0 bridgehead atoms. The van der Waals surface area contributed by atoms with Gasteiger partial charge in [0.15, 0.2) is 0 Å². The standard InChI is InChI=1S/C18H23N5O/c1-13(21-16-6-7-17-19-12-20-23(17)11-16)18(24)22-9-8-14-4-2-3-5-15(14)10-22/h2-5,12-13,16,21H,6-11H2,1H3/t13-,16+/m1/s1. The molecule has 3 heterocycles. The van der Waals surface area contributed by atoms with Gasteiger partial charge in [-0.2, -0.15) is 5.10 Å². The maximum Gasteiger partial charge on any atom is 0.239 e. The van der Waals surface area contributed by atoms with E-state index in [-0.39, 0.29) is 18.0 Å². The minimum Gasteiger partial charge on any atom is -0.337 e. The highest BCUT2D eigenvalue weighted by atomic mass is 16.2. The summed E-state index contributed by atoms with van der Waals surface area (Å²) in [4.78, 5) is 19.0. The highest BCUT2D eigenvalue weighted by Gasteiger charge is 2.27. The van der Waals surface area contributed by atoms with Crippen LogP contribution in [0.25, 0.3) is 0 Å². The van der Waals surface area contributed by atoms with Crippen molar-refractivity contribution in [3.05, 3.63) is 47.5 Å². The van der Waals surface area contributed by atoms with Crippen LogP contribution in [-0.2, 0) is 30.7 Å². The molecule has 0 saturated carbocycles. The largest absolute Gasteiger partial charge is 0.337 e. The van der Waals surface area contributed by atoms with Crippen LogP contribution in [0.15, 0.2) is 30.6 Å². The minimum atomic E-state index is -0.176. The van der Waals surface area contributed by atoms with Crippen molar-refractivity contribution in [2.24, 2.45) is 0 Å². The van der Waals surface area contributed by atoms with Crippen LogP contribution in [-0.4, -0.2) is 44.2 Å². The van der Waals surface area contributed by atoms with Gasteiger partial charge in [0.05, 0.1) is 12.6 Å². The molecule has 1 aromatic carbocycles. The van der Waals surface area contributed by atoms with Gasteiger partial charge in [0.25, 0.3) is 0 Å². The first-order chi connectivity index (χ1) is 11.7. The van der Waals surface area contributed by atoms with Gasteiger partial charge in [-0.25, -0.2) is 9.67 Å². The topological polar surface area (TPSA) is 63.1 Å². The Labute approximate surface area is 141 Å². The highest BCUT2D eigenvalue weighted by molar-refractivity contribution is 5.81. The molecule has 126 valence electrons. The minimum absolute atomic E-state index is 0.176. The van der Waals surface area contributed by atoms with Crippen molar-refractivity contribution in [2.75, 3.05) is 6.54 Å². The Morgan fingerprint density at radius 1 is 1.29 bits per heavy atom. The number of carbonyl (C=O) groups is 1. The van der Waals surface area contributed by atoms with E-state index in [4.69, 9.17) is 0 Å². The fourth-order valence-electron chi connectivity index (χ4n) is 3.76. The molecule has 0 aliphatic carbocycles. The lowest BCUT2D eigenvalue weighted by molar-refractivity contribution is -0.134. The van der Waals surface area contributed by atoms with E-state index in [1.54, 1.807) is 6.33 Å². The molecule has 2 atom stereocenters. The quantitative estimate of drug-likeness (QED) is 0.920. The van der Waals surface area contributed by atoms with Crippen molar-refractivity contribution >= 4 is 5.91 Å². The molecule has 2 aliphatic rings. The van der Waals surface area contributed by atoms with Crippen LogP contribution in [0.1, 0.15) is 30.3 Å².